The van der Waals surface area contributed by atoms with E-state index in [-0.39, 0.29) is 19.0 Å². The SMILES string of the molecule is COC(=O)c1c(N2CCO[C@@H](C(F)(F)F)C2)ncc(C(F)(F)F)c1C. The molecule has 5 nitrogen and oxygen atoms in total. The van der Waals surface area contributed by atoms with Crippen LogP contribution in [0.25, 0.3) is 0 Å². The van der Waals surface area contributed by atoms with Gasteiger partial charge in [-0.1, -0.05) is 0 Å². The van der Waals surface area contributed by atoms with Crippen molar-refractivity contribution in [3.63, 3.8) is 0 Å². The number of hydrogen-bond donors (Lipinski definition) is 0. The Morgan fingerprint density at radius 3 is 2.48 bits per heavy atom. The summed E-state index contributed by atoms with van der Waals surface area (Å²) in [4.78, 5) is 16.6. The molecular weight excluding hydrogens is 358 g/mol. The van der Waals surface area contributed by atoms with Crippen LogP contribution in [0.2, 0.25) is 0 Å². The highest BCUT2D eigenvalue weighted by molar-refractivity contribution is 5.96. The quantitative estimate of drug-likeness (QED) is 0.590. The summed E-state index contributed by atoms with van der Waals surface area (Å²) in [6, 6.07) is 0. The Balaban J connectivity index is 2.50. The number of rotatable bonds is 2. The van der Waals surface area contributed by atoms with Gasteiger partial charge >= 0.3 is 18.3 Å². The van der Waals surface area contributed by atoms with Crippen molar-refractivity contribution in [2.45, 2.75) is 25.4 Å². The van der Waals surface area contributed by atoms with Gasteiger partial charge in [0.1, 0.15) is 11.4 Å². The minimum absolute atomic E-state index is 0.0611. The topological polar surface area (TPSA) is 51.7 Å². The highest BCUT2D eigenvalue weighted by atomic mass is 19.4. The van der Waals surface area contributed by atoms with E-state index in [1.165, 1.54) is 0 Å². The van der Waals surface area contributed by atoms with E-state index in [1.807, 2.05) is 0 Å². The van der Waals surface area contributed by atoms with Crippen LogP contribution in [-0.2, 0) is 15.7 Å². The van der Waals surface area contributed by atoms with Gasteiger partial charge in [0.2, 0.25) is 0 Å². The van der Waals surface area contributed by atoms with Crippen LogP contribution in [0, 0.1) is 6.92 Å². The second kappa shape index (κ2) is 6.70. The van der Waals surface area contributed by atoms with E-state index in [0.717, 1.165) is 18.9 Å². The molecule has 0 radical (unpaired) electrons. The standard InChI is InChI=1S/C14H14F6N2O3/c1-7-8(13(15,16)17)5-21-11(10(7)12(23)24-2)22-3-4-25-9(6-22)14(18,19)20/h5,9H,3-4,6H2,1-2H3/t9-/m1/s1. The van der Waals surface area contributed by atoms with E-state index in [4.69, 9.17) is 0 Å². The lowest BCUT2D eigenvalue weighted by molar-refractivity contribution is -0.221. The van der Waals surface area contributed by atoms with Crippen molar-refractivity contribution in [2.24, 2.45) is 0 Å². The number of methoxy groups -OCH3 is 1. The third-order valence-electron chi connectivity index (χ3n) is 3.74. The first-order valence-corrected chi connectivity index (χ1v) is 7.05. The van der Waals surface area contributed by atoms with E-state index < -0.39 is 47.7 Å². The number of halogens is 6. The molecule has 0 bridgehead atoms. The molecule has 1 aliphatic rings. The Morgan fingerprint density at radius 1 is 1.32 bits per heavy atom. The average molecular weight is 372 g/mol. The second-order valence-electron chi connectivity index (χ2n) is 5.33. The largest absolute Gasteiger partial charge is 0.465 e. The van der Waals surface area contributed by atoms with Gasteiger partial charge < -0.3 is 14.4 Å². The molecule has 2 rings (SSSR count). The zero-order valence-electron chi connectivity index (χ0n) is 13.2. The van der Waals surface area contributed by atoms with Gasteiger partial charge in [0, 0.05) is 12.7 Å². The smallest absolute Gasteiger partial charge is 0.418 e. The predicted molar refractivity (Wildman–Crippen MR) is 73.3 cm³/mol. The minimum atomic E-state index is -4.77. The maximum absolute atomic E-state index is 13.0. The van der Waals surface area contributed by atoms with Crippen LogP contribution in [0.5, 0.6) is 0 Å². The Labute approximate surface area is 138 Å². The van der Waals surface area contributed by atoms with E-state index in [0.29, 0.717) is 6.20 Å². The molecular formula is C14H14F6N2O3. The van der Waals surface area contributed by atoms with Gasteiger partial charge in [0.25, 0.3) is 0 Å². The lowest BCUT2D eigenvalue weighted by Crippen LogP contribution is -2.50. The Hall–Kier alpha value is -2.04. The number of hydrogen-bond acceptors (Lipinski definition) is 5. The van der Waals surface area contributed by atoms with Crippen LogP contribution in [-0.4, -0.2) is 50.0 Å². The van der Waals surface area contributed by atoms with E-state index in [2.05, 4.69) is 14.5 Å². The first kappa shape index (κ1) is 19.3. The fourth-order valence-electron chi connectivity index (χ4n) is 2.50. The lowest BCUT2D eigenvalue weighted by Gasteiger charge is -2.35. The van der Waals surface area contributed by atoms with Crippen LogP contribution < -0.4 is 4.90 Å². The second-order valence-corrected chi connectivity index (χ2v) is 5.33. The van der Waals surface area contributed by atoms with E-state index in [1.54, 1.807) is 0 Å². The lowest BCUT2D eigenvalue weighted by atomic mass is 10.0. The molecule has 0 spiro atoms. The summed E-state index contributed by atoms with van der Waals surface area (Å²) < 4.78 is 86.7. The van der Waals surface area contributed by atoms with Crippen LogP contribution in [0.4, 0.5) is 32.2 Å². The molecule has 1 saturated heterocycles. The average Bonchev–Trinajstić information content (AvgIpc) is 2.52. The molecule has 11 heteroatoms. The number of carbonyl (C=O) groups excluding carboxylic acids is 1. The first-order valence-electron chi connectivity index (χ1n) is 7.05. The summed E-state index contributed by atoms with van der Waals surface area (Å²) in [6.07, 6.45) is -11.0. The summed E-state index contributed by atoms with van der Waals surface area (Å²) >= 11 is 0. The fraction of sp³-hybridized carbons (Fsp3) is 0.571. The van der Waals surface area contributed by atoms with Gasteiger partial charge in [-0.2, -0.15) is 26.3 Å². The summed E-state index contributed by atoms with van der Waals surface area (Å²) in [7, 11) is 0.962. The molecule has 0 saturated carbocycles. The van der Waals surface area contributed by atoms with Crippen LogP contribution >= 0.6 is 0 Å². The number of alkyl halides is 6. The van der Waals surface area contributed by atoms with Crippen molar-refractivity contribution < 1.29 is 40.6 Å². The number of ether oxygens (including phenoxy) is 2. The molecule has 1 aromatic heterocycles. The number of morpholine rings is 1. The zero-order valence-corrected chi connectivity index (χ0v) is 13.2. The predicted octanol–water partition coefficient (Wildman–Crippen LogP) is 2.96. The molecule has 1 atom stereocenters. The monoisotopic (exact) mass is 372 g/mol. The molecule has 1 aliphatic heterocycles. The Bertz CT molecular complexity index is 659. The maximum Gasteiger partial charge on any atom is 0.418 e. The number of esters is 1. The number of aromatic nitrogens is 1. The van der Waals surface area contributed by atoms with E-state index in [9.17, 15) is 31.1 Å². The highest BCUT2D eigenvalue weighted by Gasteiger charge is 2.44. The Morgan fingerprint density at radius 2 is 1.96 bits per heavy atom. The molecule has 0 N–H and O–H groups in total. The van der Waals surface area contributed by atoms with Crippen molar-refractivity contribution in [3.05, 3.63) is 22.9 Å². The van der Waals surface area contributed by atoms with Crippen molar-refractivity contribution in [1.29, 1.82) is 0 Å². The molecule has 0 aromatic carbocycles. The fourth-order valence-corrected chi connectivity index (χ4v) is 2.50. The summed E-state index contributed by atoms with van der Waals surface area (Å²) in [5, 5.41) is 0. The molecule has 1 aromatic rings. The molecule has 0 unspecified atom stereocenters. The third kappa shape index (κ3) is 3.97. The van der Waals surface area contributed by atoms with Gasteiger partial charge in [-0.3, -0.25) is 0 Å². The molecule has 140 valence electrons. The van der Waals surface area contributed by atoms with Crippen molar-refractivity contribution in [2.75, 3.05) is 31.7 Å². The number of nitrogens with zero attached hydrogens (tertiary/aromatic N) is 2. The Kier molecular flexibility index (Phi) is 5.17. The van der Waals surface area contributed by atoms with E-state index >= 15 is 0 Å². The van der Waals surface area contributed by atoms with Crippen molar-refractivity contribution >= 4 is 11.8 Å². The normalized spacial score (nSPS) is 19.0. The summed E-state index contributed by atoms with van der Waals surface area (Å²) in [6.45, 7) is -0.0197. The molecule has 0 aliphatic carbocycles. The zero-order chi connectivity index (χ0) is 19.0. The third-order valence-corrected chi connectivity index (χ3v) is 3.74. The summed E-state index contributed by atoms with van der Waals surface area (Å²) in [5.41, 5.74) is -2.13. The van der Waals surface area contributed by atoms with Gasteiger partial charge in [-0.15, -0.1) is 0 Å². The summed E-state index contributed by atoms with van der Waals surface area (Å²) in [5.74, 6) is -1.41. The number of anilines is 1. The highest BCUT2D eigenvalue weighted by Crippen LogP contribution is 2.36. The molecule has 2 heterocycles. The van der Waals surface area contributed by atoms with Gasteiger partial charge in [-0.05, 0) is 12.5 Å². The van der Waals surface area contributed by atoms with Crippen LogP contribution in [0.1, 0.15) is 21.5 Å². The molecule has 1 fully saturated rings. The number of pyridine rings is 1. The minimum Gasteiger partial charge on any atom is -0.465 e. The molecule has 0 amide bonds. The van der Waals surface area contributed by atoms with Gasteiger partial charge in [0.05, 0.1) is 25.8 Å². The van der Waals surface area contributed by atoms with Crippen LogP contribution in [0.15, 0.2) is 6.20 Å². The van der Waals surface area contributed by atoms with Crippen molar-refractivity contribution in [3.8, 4) is 0 Å². The first-order chi connectivity index (χ1) is 11.5. The van der Waals surface area contributed by atoms with Gasteiger partial charge in [-0.25, -0.2) is 9.78 Å². The number of carbonyl (C=O) groups is 1. The maximum atomic E-state index is 13.0. The van der Waals surface area contributed by atoms with Gasteiger partial charge in [0.15, 0.2) is 6.10 Å². The molecule has 25 heavy (non-hydrogen) atoms. The van der Waals surface area contributed by atoms with Crippen LogP contribution in [0.3, 0.4) is 0 Å². The van der Waals surface area contributed by atoms with Crippen molar-refractivity contribution in [1.82, 2.24) is 4.98 Å².